The molecule has 1 aromatic heterocycles. The van der Waals surface area contributed by atoms with Gasteiger partial charge in [0.15, 0.2) is 0 Å². The van der Waals surface area contributed by atoms with Crippen LogP contribution in [-0.2, 0) is 6.42 Å². The molecule has 18 heavy (non-hydrogen) atoms. The third kappa shape index (κ3) is 2.18. The summed E-state index contributed by atoms with van der Waals surface area (Å²) in [6.07, 6.45) is 2.64. The minimum atomic E-state index is 0.880. The van der Waals surface area contributed by atoms with Crippen LogP contribution in [0.15, 0.2) is 67.0 Å². The van der Waals surface area contributed by atoms with Gasteiger partial charge in [0.2, 0.25) is 0 Å². The summed E-state index contributed by atoms with van der Waals surface area (Å²) >= 11 is 0. The summed E-state index contributed by atoms with van der Waals surface area (Å²) in [6, 6.07) is 20.7. The first-order chi connectivity index (χ1) is 8.93. The van der Waals surface area contributed by atoms with Crippen LogP contribution in [-0.4, -0.2) is 9.97 Å². The van der Waals surface area contributed by atoms with Gasteiger partial charge in [0, 0.05) is 17.7 Å². The van der Waals surface area contributed by atoms with Crippen LogP contribution in [0.4, 0.5) is 0 Å². The highest BCUT2D eigenvalue weighted by Gasteiger charge is 2.08. The lowest BCUT2D eigenvalue weighted by molar-refractivity contribution is 1.11. The van der Waals surface area contributed by atoms with Crippen molar-refractivity contribution < 1.29 is 0 Å². The van der Waals surface area contributed by atoms with Gasteiger partial charge in [0.1, 0.15) is 0 Å². The first-order valence-corrected chi connectivity index (χ1v) is 6.05. The van der Waals surface area contributed by atoms with Crippen LogP contribution in [0.2, 0.25) is 0 Å². The van der Waals surface area contributed by atoms with E-state index in [4.69, 9.17) is 0 Å². The fourth-order valence-corrected chi connectivity index (χ4v) is 2.10. The van der Waals surface area contributed by atoms with Crippen molar-refractivity contribution in [1.82, 2.24) is 9.97 Å². The van der Waals surface area contributed by atoms with Crippen LogP contribution in [0.25, 0.3) is 11.3 Å². The van der Waals surface area contributed by atoms with E-state index in [1.165, 1.54) is 5.56 Å². The van der Waals surface area contributed by atoms with E-state index >= 15 is 0 Å². The molecule has 0 saturated carbocycles. The van der Waals surface area contributed by atoms with E-state index in [0.29, 0.717) is 0 Å². The van der Waals surface area contributed by atoms with Crippen LogP contribution in [0.5, 0.6) is 0 Å². The molecule has 0 amide bonds. The molecular weight excluding hydrogens is 220 g/mol. The van der Waals surface area contributed by atoms with Crippen LogP contribution in [0, 0.1) is 0 Å². The highest BCUT2D eigenvalue weighted by Crippen LogP contribution is 2.21. The van der Waals surface area contributed by atoms with Crippen LogP contribution in [0.3, 0.4) is 0 Å². The lowest BCUT2D eigenvalue weighted by atomic mass is 10.0. The van der Waals surface area contributed by atoms with E-state index < -0.39 is 0 Å². The number of nitrogens with one attached hydrogen (secondary N) is 1. The summed E-state index contributed by atoms with van der Waals surface area (Å²) in [4.78, 5) is 7.67. The maximum absolute atomic E-state index is 4.43. The Hall–Kier alpha value is -2.35. The molecule has 3 aromatic rings. The maximum Gasteiger partial charge on any atom is 0.0929 e. The van der Waals surface area contributed by atoms with Gasteiger partial charge in [0.25, 0.3) is 0 Å². The molecule has 3 rings (SSSR count). The Bertz CT molecular complexity index is 612. The van der Waals surface area contributed by atoms with Crippen molar-refractivity contribution in [2.24, 2.45) is 0 Å². The lowest BCUT2D eigenvalue weighted by Crippen LogP contribution is -1.91. The van der Waals surface area contributed by atoms with E-state index in [0.717, 1.165) is 23.4 Å². The second-order valence-electron chi connectivity index (χ2n) is 4.26. The van der Waals surface area contributed by atoms with Gasteiger partial charge in [-0.1, -0.05) is 60.7 Å². The van der Waals surface area contributed by atoms with Gasteiger partial charge in [-0.25, -0.2) is 4.98 Å². The molecule has 1 heterocycles. The number of aromatic nitrogens is 2. The zero-order valence-electron chi connectivity index (χ0n) is 10.0. The quantitative estimate of drug-likeness (QED) is 0.736. The summed E-state index contributed by atoms with van der Waals surface area (Å²) in [5, 5.41) is 0. The van der Waals surface area contributed by atoms with Gasteiger partial charge in [-0.15, -0.1) is 0 Å². The fourth-order valence-electron chi connectivity index (χ4n) is 2.10. The Morgan fingerprint density at radius 3 is 2.22 bits per heavy atom. The van der Waals surface area contributed by atoms with Crippen LogP contribution >= 0.6 is 0 Å². The maximum atomic E-state index is 4.43. The molecule has 0 bridgehead atoms. The second kappa shape index (κ2) is 4.88. The first-order valence-electron chi connectivity index (χ1n) is 6.05. The number of aromatic amines is 1. The fraction of sp³-hybridized carbons (Fsp3) is 0.0625. The molecular formula is C16H14N2. The summed E-state index contributed by atoms with van der Waals surface area (Å²) in [6.45, 7) is 0. The van der Waals surface area contributed by atoms with Crippen molar-refractivity contribution in [2.45, 2.75) is 6.42 Å². The topological polar surface area (TPSA) is 28.7 Å². The predicted octanol–water partition coefficient (Wildman–Crippen LogP) is 3.67. The predicted molar refractivity (Wildman–Crippen MR) is 73.3 cm³/mol. The van der Waals surface area contributed by atoms with E-state index in [2.05, 4.69) is 46.4 Å². The van der Waals surface area contributed by atoms with E-state index in [9.17, 15) is 0 Å². The summed E-state index contributed by atoms with van der Waals surface area (Å²) in [5.74, 6) is 0. The zero-order chi connectivity index (χ0) is 12.2. The van der Waals surface area contributed by atoms with Crippen molar-refractivity contribution in [3.05, 3.63) is 78.2 Å². The second-order valence-corrected chi connectivity index (χ2v) is 4.26. The molecule has 2 nitrogen and oxygen atoms in total. The molecule has 0 radical (unpaired) electrons. The molecule has 2 aromatic carbocycles. The monoisotopic (exact) mass is 234 g/mol. The summed E-state index contributed by atoms with van der Waals surface area (Å²) in [5.41, 5.74) is 4.65. The van der Waals surface area contributed by atoms with Crippen molar-refractivity contribution in [1.29, 1.82) is 0 Å². The van der Waals surface area contributed by atoms with Crippen molar-refractivity contribution >= 4 is 0 Å². The van der Waals surface area contributed by atoms with Crippen molar-refractivity contribution in [3.63, 3.8) is 0 Å². The average molecular weight is 234 g/mol. The van der Waals surface area contributed by atoms with Gasteiger partial charge >= 0.3 is 0 Å². The highest BCUT2D eigenvalue weighted by atomic mass is 14.9. The Morgan fingerprint density at radius 1 is 0.833 bits per heavy atom. The Balaban J connectivity index is 1.93. The van der Waals surface area contributed by atoms with Crippen molar-refractivity contribution in [3.8, 4) is 11.3 Å². The molecule has 88 valence electrons. The lowest BCUT2D eigenvalue weighted by Gasteiger charge is -2.03. The smallest absolute Gasteiger partial charge is 0.0929 e. The standard InChI is InChI=1S/C16H14N2/c1-3-7-13(8-4-1)11-15-16(18-12-17-15)14-9-5-2-6-10-14/h1-10,12H,11H2,(H,17,18). The minimum Gasteiger partial charge on any atom is -0.348 e. The SMILES string of the molecule is c1ccc(Cc2[nH]cnc2-c2ccccc2)cc1. The molecule has 0 unspecified atom stereocenters. The number of benzene rings is 2. The van der Waals surface area contributed by atoms with Gasteiger partial charge in [-0.05, 0) is 5.56 Å². The minimum absolute atomic E-state index is 0.880. The highest BCUT2D eigenvalue weighted by molar-refractivity contribution is 5.62. The van der Waals surface area contributed by atoms with Gasteiger partial charge in [0.05, 0.1) is 12.0 Å². The first kappa shape index (κ1) is 10.8. The molecule has 0 aliphatic rings. The third-order valence-corrected chi connectivity index (χ3v) is 2.99. The van der Waals surface area contributed by atoms with Crippen LogP contribution in [0.1, 0.15) is 11.3 Å². The molecule has 0 fully saturated rings. The summed E-state index contributed by atoms with van der Waals surface area (Å²) in [7, 11) is 0. The van der Waals surface area contributed by atoms with Gasteiger partial charge in [-0.2, -0.15) is 0 Å². The number of hydrogen-bond donors (Lipinski definition) is 1. The molecule has 2 heteroatoms. The summed E-state index contributed by atoms with van der Waals surface area (Å²) < 4.78 is 0. The number of imidazole rings is 1. The number of H-pyrrole nitrogens is 1. The number of nitrogens with zero attached hydrogens (tertiary/aromatic N) is 1. The molecule has 1 N–H and O–H groups in total. The van der Waals surface area contributed by atoms with Crippen molar-refractivity contribution in [2.75, 3.05) is 0 Å². The largest absolute Gasteiger partial charge is 0.348 e. The molecule has 0 aliphatic heterocycles. The number of rotatable bonds is 3. The average Bonchev–Trinajstić information content (AvgIpc) is 2.89. The molecule has 0 atom stereocenters. The molecule has 0 aliphatic carbocycles. The molecule has 0 saturated heterocycles. The molecule has 0 spiro atoms. The van der Waals surface area contributed by atoms with Crippen LogP contribution < -0.4 is 0 Å². The third-order valence-electron chi connectivity index (χ3n) is 2.99. The van der Waals surface area contributed by atoms with Gasteiger partial charge < -0.3 is 4.98 Å². The normalized spacial score (nSPS) is 10.4. The van der Waals surface area contributed by atoms with E-state index in [-0.39, 0.29) is 0 Å². The van der Waals surface area contributed by atoms with E-state index in [1.807, 2.05) is 24.3 Å². The zero-order valence-corrected chi connectivity index (χ0v) is 10.0. The number of hydrogen-bond acceptors (Lipinski definition) is 1. The van der Waals surface area contributed by atoms with E-state index in [1.54, 1.807) is 6.33 Å². The Morgan fingerprint density at radius 2 is 1.50 bits per heavy atom. The van der Waals surface area contributed by atoms with Gasteiger partial charge in [-0.3, -0.25) is 0 Å². The Labute approximate surface area is 106 Å². The Kier molecular flexibility index (Phi) is 2.92.